The van der Waals surface area contributed by atoms with Crippen LogP contribution in [0.4, 0.5) is 0 Å². The molecule has 0 spiro atoms. The van der Waals surface area contributed by atoms with E-state index in [2.05, 4.69) is 35.6 Å². The van der Waals surface area contributed by atoms with Crippen molar-refractivity contribution in [2.75, 3.05) is 6.54 Å². The van der Waals surface area contributed by atoms with Crippen molar-refractivity contribution in [3.63, 3.8) is 0 Å². The number of aromatic nitrogens is 3. The van der Waals surface area contributed by atoms with E-state index in [1.165, 1.54) is 25.0 Å². The van der Waals surface area contributed by atoms with Crippen LogP contribution in [-0.4, -0.2) is 20.9 Å². The average molecular weight is 295 g/mol. The quantitative estimate of drug-likeness (QED) is 0.861. The normalized spacial score (nSPS) is 15.6. The van der Waals surface area contributed by atoms with Gasteiger partial charge in [-0.05, 0) is 34.8 Å². The average Bonchev–Trinajstić information content (AvgIpc) is 3.07. The van der Waals surface area contributed by atoms with E-state index in [1.54, 1.807) is 6.20 Å². The zero-order chi connectivity index (χ0) is 11.7. The highest BCUT2D eigenvalue weighted by Gasteiger charge is 2.19. The minimum Gasteiger partial charge on any atom is -0.311 e. The highest BCUT2D eigenvalue weighted by atomic mass is 79.9. The van der Waals surface area contributed by atoms with Gasteiger partial charge in [0.25, 0.3) is 0 Å². The Bertz CT molecular complexity index is 518. The summed E-state index contributed by atoms with van der Waals surface area (Å²) in [6.07, 6.45) is 9.80. The Morgan fingerprint density at radius 3 is 3.06 bits per heavy atom. The molecule has 5 heteroatoms. The van der Waals surface area contributed by atoms with Crippen LogP contribution in [0.1, 0.15) is 25.0 Å². The van der Waals surface area contributed by atoms with Crippen LogP contribution >= 0.6 is 15.9 Å². The van der Waals surface area contributed by atoms with Crippen molar-refractivity contribution in [1.29, 1.82) is 0 Å². The summed E-state index contributed by atoms with van der Waals surface area (Å²) in [5.74, 6) is 0.989. The second-order valence-electron chi connectivity index (χ2n) is 4.60. The zero-order valence-corrected chi connectivity index (χ0v) is 11.2. The molecule has 1 N–H and O–H groups in total. The molecular weight excluding hydrogens is 280 g/mol. The number of rotatable bonds is 5. The first-order valence-electron chi connectivity index (χ1n) is 6.01. The molecular formula is C12H15BrN4. The van der Waals surface area contributed by atoms with Gasteiger partial charge >= 0.3 is 0 Å². The van der Waals surface area contributed by atoms with E-state index in [0.717, 1.165) is 29.3 Å². The first-order valence-corrected chi connectivity index (χ1v) is 6.80. The molecule has 2 aromatic heterocycles. The third-order valence-electron chi connectivity index (χ3n) is 3.17. The Morgan fingerprint density at radius 2 is 2.24 bits per heavy atom. The Kier molecular flexibility index (Phi) is 3.11. The summed E-state index contributed by atoms with van der Waals surface area (Å²) in [6, 6.07) is 0. The molecule has 0 unspecified atom stereocenters. The molecule has 0 aliphatic heterocycles. The van der Waals surface area contributed by atoms with Crippen molar-refractivity contribution in [3.8, 4) is 0 Å². The molecule has 17 heavy (non-hydrogen) atoms. The topological polar surface area (TPSA) is 42.2 Å². The van der Waals surface area contributed by atoms with E-state index in [-0.39, 0.29) is 0 Å². The molecule has 0 amide bonds. The van der Waals surface area contributed by atoms with Crippen LogP contribution in [0.3, 0.4) is 0 Å². The Balaban J connectivity index is 1.64. The van der Waals surface area contributed by atoms with E-state index < -0.39 is 0 Å². The zero-order valence-electron chi connectivity index (χ0n) is 9.56. The molecule has 0 radical (unpaired) electrons. The number of hydrogen-bond acceptors (Lipinski definition) is 3. The van der Waals surface area contributed by atoms with E-state index in [1.807, 2.05) is 12.4 Å². The van der Waals surface area contributed by atoms with Gasteiger partial charge in [-0.15, -0.1) is 0 Å². The first kappa shape index (κ1) is 11.2. The summed E-state index contributed by atoms with van der Waals surface area (Å²) in [4.78, 5) is 8.49. The molecule has 1 saturated carbocycles. The van der Waals surface area contributed by atoms with Crippen molar-refractivity contribution in [1.82, 2.24) is 19.7 Å². The van der Waals surface area contributed by atoms with Crippen LogP contribution in [0, 0.1) is 5.92 Å². The van der Waals surface area contributed by atoms with Crippen LogP contribution in [-0.2, 0) is 6.54 Å². The molecule has 1 fully saturated rings. The predicted octanol–water partition coefficient (Wildman–Crippen LogP) is 2.38. The van der Waals surface area contributed by atoms with Crippen molar-refractivity contribution in [3.05, 3.63) is 28.9 Å². The molecule has 0 atom stereocenters. The second kappa shape index (κ2) is 4.74. The molecule has 0 aromatic carbocycles. The molecule has 0 bridgehead atoms. The van der Waals surface area contributed by atoms with Crippen LogP contribution < -0.4 is 5.32 Å². The fraction of sp³-hybridized carbons (Fsp3) is 0.500. The number of nitrogens with one attached hydrogen (secondary N) is 1. The summed E-state index contributed by atoms with van der Waals surface area (Å²) in [7, 11) is 0. The Morgan fingerprint density at radius 1 is 1.35 bits per heavy atom. The lowest BCUT2D eigenvalue weighted by molar-refractivity contribution is 0.605. The Labute approximate surface area is 109 Å². The molecule has 90 valence electrons. The van der Waals surface area contributed by atoms with Gasteiger partial charge in [-0.25, -0.2) is 9.97 Å². The van der Waals surface area contributed by atoms with Gasteiger partial charge in [0.2, 0.25) is 0 Å². The van der Waals surface area contributed by atoms with Crippen LogP contribution in [0.2, 0.25) is 0 Å². The van der Waals surface area contributed by atoms with Crippen molar-refractivity contribution in [2.45, 2.75) is 25.8 Å². The fourth-order valence-corrected chi connectivity index (χ4v) is 2.28. The third-order valence-corrected chi connectivity index (χ3v) is 3.58. The second-order valence-corrected chi connectivity index (χ2v) is 5.41. The van der Waals surface area contributed by atoms with Crippen LogP contribution in [0.5, 0.6) is 0 Å². The van der Waals surface area contributed by atoms with Gasteiger partial charge in [-0.1, -0.05) is 12.8 Å². The third kappa shape index (κ3) is 2.66. The molecule has 2 heterocycles. The predicted molar refractivity (Wildman–Crippen MR) is 69.7 cm³/mol. The lowest BCUT2D eigenvalue weighted by Crippen LogP contribution is -2.16. The number of fused-ring (bicyclic) bond motifs is 1. The number of imidazole rings is 1. The highest BCUT2D eigenvalue weighted by Crippen LogP contribution is 2.31. The van der Waals surface area contributed by atoms with E-state index in [4.69, 9.17) is 0 Å². The number of nitrogens with zero attached hydrogens (tertiary/aromatic N) is 3. The van der Waals surface area contributed by atoms with Crippen molar-refractivity contribution < 1.29 is 0 Å². The summed E-state index contributed by atoms with van der Waals surface area (Å²) < 4.78 is 2.91. The monoisotopic (exact) mass is 294 g/mol. The number of hydrogen-bond donors (Lipinski definition) is 1. The van der Waals surface area contributed by atoms with E-state index in [9.17, 15) is 0 Å². The van der Waals surface area contributed by atoms with E-state index >= 15 is 0 Å². The minimum atomic E-state index is 0.835. The molecule has 1 aliphatic rings. The maximum absolute atomic E-state index is 4.33. The van der Waals surface area contributed by atoms with Crippen molar-refractivity contribution >= 4 is 21.6 Å². The molecule has 3 rings (SSSR count). The van der Waals surface area contributed by atoms with Gasteiger partial charge < -0.3 is 5.32 Å². The minimum absolute atomic E-state index is 0.835. The highest BCUT2D eigenvalue weighted by molar-refractivity contribution is 9.10. The van der Waals surface area contributed by atoms with Gasteiger partial charge in [0.15, 0.2) is 5.65 Å². The largest absolute Gasteiger partial charge is 0.311 e. The summed E-state index contributed by atoms with van der Waals surface area (Å²) >= 11 is 3.38. The first-order chi connectivity index (χ1) is 8.33. The van der Waals surface area contributed by atoms with Gasteiger partial charge in [0.1, 0.15) is 4.60 Å². The Hall–Kier alpha value is -0.940. The van der Waals surface area contributed by atoms with Gasteiger partial charge in [0.05, 0.1) is 18.1 Å². The van der Waals surface area contributed by atoms with Crippen LogP contribution in [0.25, 0.3) is 5.65 Å². The maximum atomic E-state index is 4.33. The fourth-order valence-electron chi connectivity index (χ4n) is 1.98. The van der Waals surface area contributed by atoms with Gasteiger partial charge in [-0.3, -0.25) is 4.40 Å². The smallest absolute Gasteiger partial charge is 0.155 e. The SMILES string of the molecule is Brc1cn2c(CNCCC3CC3)cnc2cn1. The lowest BCUT2D eigenvalue weighted by atomic mass is 10.3. The van der Waals surface area contributed by atoms with E-state index in [0.29, 0.717) is 0 Å². The molecule has 1 aliphatic carbocycles. The molecule has 0 saturated heterocycles. The lowest BCUT2D eigenvalue weighted by Gasteiger charge is -2.04. The maximum Gasteiger partial charge on any atom is 0.155 e. The van der Waals surface area contributed by atoms with Crippen molar-refractivity contribution in [2.24, 2.45) is 5.92 Å². The molecule has 2 aromatic rings. The summed E-state index contributed by atoms with van der Waals surface area (Å²) in [5.41, 5.74) is 2.08. The van der Waals surface area contributed by atoms with Gasteiger partial charge in [-0.2, -0.15) is 0 Å². The summed E-state index contributed by atoms with van der Waals surface area (Å²) in [6.45, 7) is 1.97. The summed E-state index contributed by atoms with van der Waals surface area (Å²) in [5, 5.41) is 3.47. The molecule has 4 nitrogen and oxygen atoms in total. The number of halogens is 1. The standard InChI is InChI=1S/C12H15BrN4/c13-11-8-17-10(6-16-12(17)7-15-11)5-14-4-3-9-1-2-9/h6-9,14H,1-5H2. The van der Waals surface area contributed by atoms with Gasteiger partial charge in [0, 0.05) is 12.7 Å². The van der Waals surface area contributed by atoms with Crippen LogP contribution in [0.15, 0.2) is 23.2 Å².